The first-order valence-corrected chi connectivity index (χ1v) is 11.5. The molecule has 1 amide bonds. The Labute approximate surface area is 183 Å². The summed E-state index contributed by atoms with van der Waals surface area (Å²) in [6.07, 6.45) is 0. The van der Waals surface area contributed by atoms with Crippen LogP contribution in [-0.4, -0.2) is 42.9 Å². The smallest absolute Gasteiger partial charge is 0.234 e. The number of amides is 1. The average Bonchev–Trinajstić information content (AvgIpc) is 3.23. The number of hydrogen-bond donors (Lipinski definition) is 1. The predicted octanol–water partition coefficient (Wildman–Crippen LogP) is 5.03. The van der Waals surface area contributed by atoms with Gasteiger partial charge in [-0.15, -0.1) is 11.3 Å². The summed E-state index contributed by atoms with van der Waals surface area (Å²) in [5, 5.41) is 5.62. The fourth-order valence-corrected chi connectivity index (χ4v) is 4.87. The van der Waals surface area contributed by atoms with E-state index < -0.39 is 0 Å². The molecule has 0 spiro atoms. The number of morpholine rings is 1. The van der Waals surface area contributed by atoms with Gasteiger partial charge in [-0.3, -0.25) is 4.79 Å². The molecule has 0 bridgehead atoms. The largest absolute Gasteiger partial charge is 0.378 e. The predicted molar refractivity (Wildman–Crippen MR) is 121 cm³/mol. The molecule has 5 nitrogen and oxygen atoms in total. The second-order valence-corrected chi connectivity index (χ2v) is 8.98. The van der Waals surface area contributed by atoms with E-state index in [0.29, 0.717) is 18.2 Å². The number of carbonyl (C=O) groups excluding carboxylic acids is 1. The van der Waals surface area contributed by atoms with Gasteiger partial charge in [0, 0.05) is 29.1 Å². The highest BCUT2D eigenvalue weighted by molar-refractivity contribution is 8.01. The fraction of sp³-hybridized carbons (Fsp3) is 0.238. The van der Waals surface area contributed by atoms with Crippen LogP contribution in [-0.2, 0) is 9.53 Å². The Hall–Kier alpha value is -2.06. The summed E-state index contributed by atoms with van der Waals surface area (Å²) in [6, 6.07) is 15.6. The summed E-state index contributed by atoms with van der Waals surface area (Å²) in [7, 11) is 0. The molecule has 1 aromatic heterocycles. The zero-order valence-corrected chi connectivity index (χ0v) is 18.0. The van der Waals surface area contributed by atoms with Crippen LogP contribution in [0.1, 0.15) is 0 Å². The van der Waals surface area contributed by atoms with Crippen molar-refractivity contribution in [3.63, 3.8) is 0 Å². The third-order valence-corrected chi connectivity index (χ3v) is 6.72. The molecule has 1 N–H and O–H groups in total. The van der Waals surface area contributed by atoms with Crippen LogP contribution in [0.2, 0.25) is 5.02 Å². The van der Waals surface area contributed by atoms with Crippen molar-refractivity contribution in [1.29, 1.82) is 0 Å². The molecule has 0 aliphatic carbocycles. The lowest BCUT2D eigenvalue weighted by Crippen LogP contribution is -2.36. The number of anilines is 2. The van der Waals surface area contributed by atoms with E-state index in [1.807, 2.05) is 47.8 Å². The van der Waals surface area contributed by atoms with Crippen LogP contribution in [0.3, 0.4) is 0 Å². The van der Waals surface area contributed by atoms with Gasteiger partial charge in [-0.2, -0.15) is 0 Å². The number of nitrogens with zero attached hydrogens (tertiary/aromatic N) is 2. The maximum absolute atomic E-state index is 12.6. The molecule has 150 valence electrons. The fourth-order valence-electron chi connectivity index (χ4n) is 3.07. The van der Waals surface area contributed by atoms with E-state index in [9.17, 15) is 4.79 Å². The van der Waals surface area contributed by atoms with Crippen molar-refractivity contribution in [2.75, 3.05) is 42.3 Å². The molecule has 1 saturated heterocycles. The third kappa shape index (κ3) is 5.30. The van der Waals surface area contributed by atoms with E-state index in [4.69, 9.17) is 16.3 Å². The first-order chi connectivity index (χ1) is 14.2. The van der Waals surface area contributed by atoms with Crippen LogP contribution in [0, 0.1) is 0 Å². The van der Waals surface area contributed by atoms with Gasteiger partial charge in [0.15, 0.2) is 4.34 Å². The lowest BCUT2D eigenvalue weighted by Gasteiger charge is -2.30. The molecule has 0 unspecified atom stereocenters. The van der Waals surface area contributed by atoms with E-state index in [0.717, 1.165) is 40.1 Å². The molecule has 0 saturated carbocycles. The SMILES string of the molecule is O=C(CSc1nc(-c2ccccc2)cs1)Nc1cc(Cl)ccc1N1CCOCC1. The highest BCUT2D eigenvalue weighted by Gasteiger charge is 2.17. The summed E-state index contributed by atoms with van der Waals surface area (Å²) in [4.78, 5) is 19.4. The zero-order valence-electron chi connectivity index (χ0n) is 15.6. The highest BCUT2D eigenvalue weighted by Crippen LogP contribution is 2.31. The maximum atomic E-state index is 12.6. The first-order valence-electron chi connectivity index (χ1n) is 9.25. The quantitative estimate of drug-likeness (QED) is 0.539. The van der Waals surface area contributed by atoms with Crippen LogP contribution in [0.15, 0.2) is 58.3 Å². The van der Waals surface area contributed by atoms with Crippen molar-refractivity contribution < 1.29 is 9.53 Å². The first kappa shape index (κ1) is 20.2. The summed E-state index contributed by atoms with van der Waals surface area (Å²) < 4.78 is 6.30. The molecule has 0 radical (unpaired) electrons. The van der Waals surface area contributed by atoms with E-state index in [2.05, 4.69) is 15.2 Å². The minimum atomic E-state index is -0.0803. The Balaban J connectivity index is 1.39. The van der Waals surface area contributed by atoms with Crippen molar-refractivity contribution in [3.05, 3.63) is 58.9 Å². The Morgan fingerprint density at radius 1 is 1.21 bits per heavy atom. The number of ether oxygens (including phenoxy) is 1. The summed E-state index contributed by atoms with van der Waals surface area (Å²) in [5.74, 6) is 0.208. The van der Waals surface area contributed by atoms with Gasteiger partial charge in [-0.1, -0.05) is 53.7 Å². The number of thioether (sulfide) groups is 1. The molecule has 8 heteroatoms. The topological polar surface area (TPSA) is 54.5 Å². The molecule has 4 rings (SSSR count). The average molecular weight is 446 g/mol. The monoisotopic (exact) mass is 445 g/mol. The second kappa shape index (κ2) is 9.63. The normalized spacial score (nSPS) is 14.0. The van der Waals surface area contributed by atoms with E-state index in [1.54, 1.807) is 17.4 Å². The number of hydrogen-bond acceptors (Lipinski definition) is 6. The number of halogens is 1. The maximum Gasteiger partial charge on any atom is 0.234 e. The van der Waals surface area contributed by atoms with Gasteiger partial charge in [-0.05, 0) is 18.2 Å². The molecular formula is C21H20ClN3O2S2. The Kier molecular flexibility index (Phi) is 6.71. The molecule has 1 aliphatic rings. The van der Waals surface area contributed by atoms with Crippen LogP contribution < -0.4 is 10.2 Å². The lowest BCUT2D eigenvalue weighted by molar-refractivity contribution is -0.113. The van der Waals surface area contributed by atoms with Gasteiger partial charge < -0.3 is 15.0 Å². The van der Waals surface area contributed by atoms with Crippen LogP contribution in [0.25, 0.3) is 11.3 Å². The van der Waals surface area contributed by atoms with Crippen molar-refractivity contribution in [1.82, 2.24) is 4.98 Å². The van der Waals surface area contributed by atoms with E-state index in [1.165, 1.54) is 11.8 Å². The van der Waals surface area contributed by atoms with Gasteiger partial charge >= 0.3 is 0 Å². The molecular weight excluding hydrogens is 426 g/mol. The van der Waals surface area contributed by atoms with Gasteiger partial charge in [0.25, 0.3) is 0 Å². The molecule has 1 aliphatic heterocycles. The molecule has 2 heterocycles. The Morgan fingerprint density at radius 3 is 2.79 bits per heavy atom. The van der Waals surface area contributed by atoms with Gasteiger partial charge in [0.05, 0.1) is 36.0 Å². The minimum Gasteiger partial charge on any atom is -0.378 e. The minimum absolute atomic E-state index is 0.0803. The molecule has 29 heavy (non-hydrogen) atoms. The summed E-state index contributed by atoms with van der Waals surface area (Å²) in [5.41, 5.74) is 3.71. The van der Waals surface area contributed by atoms with Gasteiger partial charge in [0.2, 0.25) is 5.91 Å². The zero-order chi connectivity index (χ0) is 20.1. The standard InChI is InChI=1S/C21H20ClN3O2S2/c22-16-6-7-19(25-8-10-27-11-9-25)17(12-16)23-20(26)14-29-21-24-18(13-28-21)15-4-2-1-3-5-15/h1-7,12-13H,8-11,14H2,(H,23,26). The van der Waals surface area contributed by atoms with Crippen molar-refractivity contribution in [3.8, 4) is 11.3 Å². The van der Waals surface area contributed by atoms with Crippen molar-refractivity contribution in [2.45, 2.75) is 4.34 Å². The number of thiazole rings is 1. The Morgan fingerprint density at radius 2 is 2.00 bits per heavy atom. The molecule has 0 atom stereocenters. The van der Waals surface area contributed by atoms with E-state index >= 15 is 0 Å². The number of benzene rings is 2. The summed E-state index contributed by atoms with van der Waals surface area (Å²) >= 11 is 9.15. The third-order valence-electron chi connectivity index (χ3n) is 4.46. The number of aromatic nitrogens is 1. The van der Waals surface area contributed by atoms with Crippen molar-refractivity contribution >= 4 is 52.0 Å². The van der Waals surface area contributed by atoms with Crippen LogP contribution in [0.5, 0.6) is 0 Å². The molecule has 3 aromatic rings. The van der Waals surface area contributed by atoms with Crippen LogP contribution in [0.4, 0.5) is 11.4 Å². The number of nitrogens with one attached hydrogen (secondary N) is 1. The lowest BCUT2D eigenvalue weighted by atomic mass is 10.2. The van der Waals surface area contributed by atoms with Crippen LogP contribution >= 0.6 is 34.7 Å². The van der Waals surface area contributed by atoms with Gasteiger partial charge in [-0.25, -0.2) is 4.98 Å². The molecule has 1 fully saturated rings. The van der Waals surface area contributed by atoms with Crippen molar-refractivity contribution in [2.24, 2.45) is 0 Å². The van der Waals surface area contributed by atoms with E-state index in [-0.39, 0.29) is 11.7 Å². The number of rotatable bonds is 6. The molecule has 2 aromatic carbocycles. The summed E-state index contributed by atoms with van der Waals surface area (Å²) in [6.45, 7) is 2.95. The highest BCUT2D eigenvalue weighted by atomic mass is 35.5. The second-order valence-electron chi connectivity index (χ2n) is 6.46. The van der Waals surface area contributed by atoms with Gasteiger partial charge in [0.1, 0.15) is 0 Å². The number of carbonyl (C=O) groups is 1. The Bertz CT molecular complexity index is 975.